The number of furan rings is 1. The second kappa shape index (κ2) is 6.08. The van der Waals surface area contributed by atoms with Gasteiger partial charge in [-0.2, -0.15) is 0 Å². The lowest BCUT2D eigenvalue weighted by atomic mass is 9.83. The lowest BCUT2D eigenvalue weighted by Gasteiger charge is -2.49. The molecule has 0 unspecified atom stereocenters. The summed E-state index contributed by atoms with van der Waals surface area (Å²) in [5.74, 6) is -0.290. The van der Waals surface area contributed by atoms with Crippen molar-refractivity contribution in [2.45, 2.75) is 18.1 Å². The van der Waals surface area contributed by atoms with Crippen LogP contribution in [-0.2, 0) is 9.84 Å². The van der Waals surface area contributed by atoms with E-state index in [-0.39, 0.29) is 43.3 Å². The summed E-state index contributed by atoms with van der Waals surface area (Å²) in [5.41, 5.74) is 1.21. The summed E-state index contributed by atoms with van der Waals surface area (Å²) >= 11 is 0. The van der Waals surface area contributed by atoms with Crippen molar-refractivity contribution >= 4 is 15.7 Å². The van der Waals surface area contributed by atoms with Gasteiger partial charge < -0.3 is 14.1 Å². The molecule has 0 N–H and O–H groups in total. The molecule has 2 fully saturated rings. The van der Waals surface area contributed by atoms with Gasteiger partial charge in [0.25, 0.3) is 5.91 Å². The van der Waals surface area contributed by atoms with Gasteiger partial charge in [-0.1, -0.05) is 0 Å². The molecular weight excluding hydrogens is 358 g/mol. The highest BCUT2D eigenvalue weighted by Crippen LogP contribution is 2.45. The molecule has 0 radical (unpaired) electrons. The maximum absolute atomic E-state index is 12.7. The molecule has 2 saturated heterocycles. The number of sulfone groups is 1. The number of ether oxygens (including phenoxy) is 1. The maximum atomic E-state index is 12.7. The van der Waals surface area contributed by atoms with Crippen LogP contribution in [0.3, 0.4) is 0 Å². The van der Waals surface area contributed by atoms with Crippen LogP contribution in [0.4, 0.5) is 0 Å². The number of amides is 1. The molecule has 2 aromatic rings. The van der Waals surface area contributed by atoms with E-state index in [0.29, 0.717) is 12.0 Å². The van der Waals surface area contributed by atoms with Gasteiger partial charge in [0.2, 0.25) is 0 Å². The van der Waals surface area contributed by atoms with E-state index in [9.17, 15) is 13.2 Å². The summed E-state index contributed by atoms with van der Waals surface area (Å²) in [4.78, 5) is 22.2. The van der Waals surface area contributed by atoms with E-state index in [4.69, 9.17) is 9.15 Å². The van der Waals surface area contributed by atoms with Crippen molar-refractivity contribution in [2.24, 2.45) is 5.92 Å². The molecule has 2 aliphatic rings. The van der Waals surface area contributed by atoms with Crippen molar-refractivity contribution in [1.29, 1.82) is 0 Å². The number of nitrogens with zero attached hydrogens (tertiary/aromatic N) is 3. The molecule has 9 heteroatoms. The van der Waals surface area contributed by atoms with Crippen LogP contribution in [0.15, 0.2) is 35.3 Å². The lowest BCUT2D eigenvalue weighted by molar-refractivity contribution is 0.0402. The van der Waals surface area contributed by atoms with Crippen LogP contribution in [0.5, 0.6) is 6.01 Å². The Bertz CT molecular complexity index is 920. The summed E-state index contributed by atoms with van der Waals surface area (Å²) in [6.07, 6.45) is 4.91. The van der Waals surface area contributed by atoms with Gasteiger partial charge in [-0.15, -0.1) is 0 Å². The molecule has 2 aliphatic heterocycles. The summed E-state index contributed by atoms with van der Waals surface area (Å²) in [7, 11) is -3.28. The summed E-state index contributed by atoms with van der Waals surface area (Å²) in [6, 6.07) is 3.58. The topological polar surface area (TPSA) is 103 Å². The Balaban J connectivity index is 1.47. The van der Waals surface area contributed by atoms with Crippen LogP contribution >= 0.6 is 0 Å². The first-order valence-corrected chi connectivity index (χ1v) is 10.0. The van der Waals surface area contributed by atoms with Gasteiger partial charge in [0, 0.05) is 30.9 Å². The second-order valence-corrected chi connectivity index (χ2v) is 9.28. The molecule has 1 atom stereocenters. The predicted molar refractivity (Wildman–Crippen MR) is 91.5 cm³/mol. The molecular formula is C17H19N3O5S. The largest absolute Gasteiger partial charge is 0.472 e. The van der Waals surface area contributed by atoms with Crippen molar-refractivity contribution in [3.05, 3.63) is 42.1 Å². The molecule has 2 aromatic heterocycles. The van der Waals surface area contributed by atoms with Crippen LogP contribution in [-0.4, -0.2) is 59.4 Å². The zero-order chi connectivity index (χ0) is 18.4. The highest BCUT2D eigenvalue weighted by Gasteiger charge is 2.62. The van der Waals surface area contributed by atoms with Crippen molar-refractivity contribution < 1.29 is 22.4 Å². The number of likely N-dealkylation sites (tertiary alicyclic amines) is 1. The Labute approximate surface area is 151 Å². The molecule has 138 valence electrons. The maximum Gasteiger partial charge on any atom is 0.316 e. The van der Waals surface area contributed by atoms with Gasteiger partial charge in [0.05, 0.1) is 24.2 Å². The van der Waals surface area contributed by atoms with Crippen LogP contribution in [0, 0.1) is 12.8 Å². The highest BCUT2D eigenvalue weighted by molar-refractivity contribution is 7.93. The minimum absolute atomic E-state index is 0.115. The van der Waals surface area contributed by atoms with E-state index >= 15 is 0 Å². The smallest absolute Gasteiger partial charge is 0.316 e. The molecule has 0 aliphatic carbocycles. The molecule has 4 heterocycles. The summed E-state index contributed by atoms with van der Waals surface area (Å²) in [6.45, 7) is 2.42. The Hall–Kier alpha value is -2.42. The first-order valence-electron chi connectivity index (χ1n) is 8.37. The van der Waals surface area contributed by atoms with Gasteiger partial charge in [0.1, 0.15) is 11.0 Å². The number of aromatic nitrogens is 2. The third-order valence-electron chi connectivity index (χ3n) is 5.26. The number of aryl methyl sites for hydroxylation is 1. The quantitative estimate of drug-likeness (QED) is 0.786. The Morgan fingerprint density at radius 1 is 1.42 bits per heavy atom. The van der Waals surface area contributed by atoms with Gasteiger partial charge >= 0.3 is 6.01 Å². The van der Waals surface area contributed by atoms with Crippen molar-refractivity contribution in [3.8, 4) is 6.01 Å². The number of hydrogen-bond donors (Lipinski definition) is 0. The van der Waals surface area contributed by atoms with E-state index in [1.54, 1.807) is 23.2 Å². The van der Waals surface area contributed by atoms with Crippen LogP contribution in [0.25, 0.3) is 0 Å². The Morgan fingerprint density at radius 2 is 2.23 bits per heavy atom. The number of carbonyl (C=O) groups excluding carboxylic acids is 1. The third-order valence-corrected chi connectivity index (χ3v) is 7.86. The number of hydrogen-bond acceptors (Lipinski definition) is 7. The average Bonchev–Trinajstić information content (AvgIpc) is 3.17. The van der Waals surface area contributed by atoms with Gasteiger partial charge in [-0.25, -0.2) is 18.4 Å². The lowest BCUT2D eigenvalue weighted by Crippen LogP contribution is -2.68. The van der Waals surface area contributed by atoms with Crippen LogP contribution in [0.1, 0.15) is 22.5 Å². The van der Waals surface area contributed by atoms with E-state index in [1.807, 2.05) is 6.92 Å². The fraction of sp³-hybridized carbons (Fsp3) is 0.471. The molecule has 1 amide bonds. The summed E-state index contributed by atoms with van der Waals surface area (Å²) < 4.78 is 35.0. The number of carbonyl (C=O) groups is 1. The van der Waals surface area contributed by atoms with Crippen LogP contribution < -0.4 is 4.74 Å². The summed E-state index contributed by atoms with van der Waals surface area (Å²) in [5, 5.41) is 0. The fourth-order valence-corrected chi connectivity index (χ4v) is 6.09. The minimum Gasteiger partial charge on any atom is -0.472 e. The van der Waals surface area contributed by atoms with Crippen molar-refractivity contribution in [2.75, 3.05) is 25.4 Å². The van der Waals surface area contributed by atoms with E-state index in [2.05, 4.69) is 9.97 Å². The molecule has 0 aromatic carbocycles. The minimum atomic E-state index is -3.28. The van der Waals surface area contributed by atoms with Gasteiger partial charge in [-0.05, 0) is 25.5 Å². The molecule has 0 saturated carbocycles. The zero-order valence-electron chi connectivity index (χ0n) is 14.3. The normalized spacial score (nSPS) is 23.0. The highest BCUT2D eigenvalue weighted by atomic mass is 32.2. The number of rotatable bonds is 4. The van der Waals surface area contributed by atoms with Crippen molar-refractivity contribution in [1.82, 2.24) is 14.9 Å². The molecule has 26 heavy (non-hydrogen) atoms. The van der Waals surface area contributed by atoms with Crippen molar-refractivity contribution in [3.63, 3.8) is 0 Å². The molecule has 4 rings (SSSR count). The zero-order valence-corrected chi connectivity index (χ0v) is 15.1. The van der Waals surface area contributed by atoms with E-state index in [1.165, 1.54) is 12.5 Å². The van der Waals surface area contributed by atoms with Gasteiger partial charge in [-0.3, -0.25) is 4.79 Å². The molecule has 0 bridgehead atoms. The second-order valence-electron chi connectivity index (χ2n) is 6.83. The SMILES string of the molecule is Cc1ccnc(OC[C@@H]2CCS(=O)(=O)C23CN(C(=O)c2ccoc2)C3)n1. The van der Waals surface area contributed by atoms with Crippen LogP contribution in [0.2, 0.25) is 0 Å². The van der Waals surface area contributed by atoms with E-state index < -0.39 is 14.6 Å². The first-order chi connectivity index (χ1) is 12.4. The predicted octanol–water partition coefficient (Wildman–Crippen LogP) is 1.09. The Morgan fingerprint density at radius 3 is 2.92 bits per heavy atom. The molecule has 1 spiro atoms. The average molecular weight is 377 g/mol. The van der Waals surface area contributed by atoms with Gasteiger partial charge in [0.15, 0.2) is 9.84 Å². The first kappa shape index (κ1) is 17.0. The third kappa shape index (κ3) is 2.66. The molecule has 8 nitrogen and oxygen atoms in total. The van der Waals surface area contributed by atoms with E-state index in [0.717, 1.165) is 5.69 Å². The fourth-order valence-electron chi connectivity index (χ4n) is 3.69. The monoisotopic (exact) mass is 377 g/mol. The Kier molecular flexibility index (Phi) is 3.98. The standard InChI is InChI=1S/C17H19N3O5S/c1-12-2-5-18-16(19-12)25-9-14-4-7-26(22,23)17(14)10-20(11-17)15(21)13-3-6-24-8-13/h2-3,5-6,8,14H,4,7,9-11H2,1H3/t14-/m0/s1.